The van der Waals surface area contributed by atoms with Gasteiger partial charge < -0.3 is 20.7 Å². The van der Waals surface area contributed by atoms with E-state index in [0.29, 0.717) is 6.54 Å². The Kier molecular flexibility index (Phi) is 2.80. The zero-order chi connectivity index (χ0) is 13.4. The van der Waals surface area contributed by atoms with Crippen molar-refractivity contribution in [1.29, 1.82) is 0 Å². The number of nitrogens with one attached hydrogen (secondary N) is 1. The molecule has 4 nitrogen and oxygen atoms in total. The molecule has 0 fully saturated rings. The number of aryl methyl sites for hydroxylation is 1. The molecule has 2 aromatic carbocycles. The van der Waals surface area contributed by atoms with E-state index in [9.17, 15) is 0 Å². The second-order valence-corrected chi connectivity index (χ2v) is 4.65. The molecule has 0 radical (unpaired) electrons. The number of aliphatic hydroxyl groups is 1. The van der Waals surface area contributed by atoms with E-state index < -0.39 is 0 Å². The molecule has 19 heavy (non-hydrogen) atoms. The highest BCUT2D eigenvalue weighted by Crippen LogP contribution is 2.36. The number of benzene rings is 2. The van der Waals surface area contributed by atoms with Gasteiger partial charge in [0, 0.05) is 35.6 Å². The number of anilines is 2. The molecule has 0 atom stereocenters. The fourth-order valence-electron chi connectivity index (χ4n) is 2.67. The fraction of sp³-hybridized carbons (Fsp3) is 0.200. The molecular formula is C15H17N3O. The maximum Gasteiger partial charge on any atom is 0.0745 e. The van der Waals surface area contributed by atoms with Gasteiger partial charge in [-0.1, -0.05) is 18.2 Å². The molecule has 1 heterocycles. The number of hydrogen-bond acceptors (Lipinski definition) is 3. The van der Waals surface area contributed by atoms with Crippen molar-refractivity contribution in [2.45, 2.75) is 0 Å². The first-order valence-corrected chi connectivity index (χ1v) is 6.34. The molecule has 1 aromatic heterocycles. The van der Waals surface area contributed by atoms with Crippen LogP contribution in [0.1, 0.15) is 0 Å². The smallest absolute Gasteiger partial charge is 0.0745 e. The van der Waals surface area contributed by atoms with Gasteiger partial charge >= 0.3 is 0 Å². The number of nitrogen functional groups attached to an aromatic ring is 1. The number of hydrogen-bond donors (Lipinski definition) is 3. The quantitative estimate of drug-likeness (QED) is 0.629. The average Bonchev–Trinajstić information content (AvgIpc) is 2.74. The van der Waals surface area contributed by atoms with Crippen molar-refractivity contribution in [3.05, 3.63) is 36.4 Å². The molecular weight excluding hydrogens is 238 g/mol. The Morgan fingerprint density at radius 2 is 2.00 bits per heavy atom. The summed E-state index contributed by atoms with van der Waals surface area (Å²) in [6, 6.07) is 12.1. The van der Waals surface area contributed by atoms with Gasteiger partial charge in [-0.25, -0.2) is 0 Å². The Labute approximate surface area is 111 Å². The van der Waals surface area contributed by atoms with Crippen LogP contribution < -0.4 is 11.1 Å². The minimum absolute atomic E-state index is 0.107. The fourth-order valence-corrected chi connectivity index (χ4v) is 2.67. The van der Waals surface area contributed by atoms with Gasteiger partial charge in [0.2, 0.25) is 0 Å². The van der Waals surface area contributed by atoms with Crippen molar-refractivity contribution in [3.8, 4) is 0 Å². The van der Waals surface area contributed by atoms with Gasteiger partial charge in [-0.05, 0) is 18.2 Å². The van der Waals surface area contributed by atoms with Crippen LogP contribution in [0.5, 0.6) is 0 Å². The number of aliphatic hydroxyl groups excluding tert-OH is 1. The van der Waals surface area contributed by atoms with Crippen LogP contribution in [-0.2, 0) is 7.05 Å². The van der Waals surface area contributed by atoms with E-state index in [4.69, 9.17) is 10.8 Å². The highest BCUT2D eigenvalue weighted by Gasteiger charge is 2.13. The predicted molar refractivity (Wildman–Crippen MR) is 80.4 cm³/mol. The van der Waals surface area contributed by atoms with Gasteiger partial charge in [-0.15, -0.1) is 0 Å². The molecule has 3 aromatic rings. The molecule has 98 valence electrons. The van der Waals surface area contributed by atoms with Crippen LogP contribution >= 0.6 is 0 Å². The van der Waals surface area contributed by atoms with Crippen LogP contribution in [0.2, 0.25) is 0 Å². The molecule has 0 amide bonds. The largest absolute Gasteiger partial charge is 0.398 e. The van der Waals surface area contributed by atoms with E-state index in [-0.39, 0.29) is 6.61 Å². The summed E-state index contributed by atoms with van der Waals surface area (Å²) in [5.74, 6) is 0. The normalized spacial score (nSPS) is 11.3. The lowest BCUT2D eigenvalue weighted by atomic mass is 10.1. The number of para-hydroxylation sites is 1. The van der Waals surface area contributed by atoms with E-state index in [1.54, 1.807) is 0 Å². The second-order valence-electron chi connectivity index (χ2n) is 4.65. The summed E-state index contributed by atoms with van der Waals surface area (Å²) in [5.41, 5.74) is 10.2. The number of aromatic nitrogens is 1. The maximum atomic E-state index is 8.97. The van der Waals surface area contributed by atoms with Crippen LogP contribution in [0.15, 0.2) is 36.4 Å². The van der Waals surface area contributed by atoms with Crippen LogP contribution in [0.4, 0.5) is 11.4 Å². The van der Waals surface area contributed by atoms with Crippen molar-refractivity contribution in [3.63, 3.8) is 0 Å². The van der Waals surface area contributed by atoms with Gasteiger partial charge in [0.25, 0.3) is 0 Å². The molecule has 0 saturated carbocycles. The summed E-state index contributed by atoms with van der Waals surface area (Å²) in [6.07, 6.45) is 0. The Balaban J connectivity index is 2.39. The van der Waals surface area contributed by atoms with Gasteiger partial charge in [-0.2, -0.15) is 0 Å². The summed E-state index contributed by atoms with van der Waals surface area (Å²) < 4.78 is 2.14. The standard InChI is InChI=1S/C15H17N3O/c1-18-13-5-3-2-4-10(13)14-11(16)6-7-12(15(14)18)17-8-9-19/h2-7,17,19H,8-9,16H2,1H3. The SMILES string of the molecule is Cn1c2ccccc2c2c(N)ccc(NCCO)c21. The average molecular weight is 255 g/mol. The Morgan fingerprint density at radius 1 is 1.21 bits per heavy atom. The lowest BCUT2D eigenvalue weighted by Gasteiger charge is -2.09. The van der Waals surface area contributed by atoms with E-state index in [2.05, 4.69) is 22.0 Å². The number of nitrogens with zero attached hydrogens (tertiary/aromatic N) is 1. The molecule has 0 spiro atoms. The van der Waals surface area contributed by atoms with E-state index in [0.717, 1.165) is 33.2 Å². The topological polar surface area (TPSA) is 63.2 Å². The number of nitrogens with two attached hydrogens (primary N) is 1. The van der Waals surface area contributed by atoms with E-state index >= 15 is 0 Å². The molecule has 0 aliphatic carbocycles. The summed E-state index contributed by atoms with van der Waals surface area (Å²) in [5, 5.41) is 14.4. The highest BCUT2D eigenvalue weighted by molar-refractivity contribution is 6.17. The molecule has 4 heteroatoms. The van der Waals surface area contributed by atoms with Crippen LogP contribution in [0, 0.1) is 0 Å². The molecule has 0 bridgehead atoms. The number of rotatable bonds is 3. The lowest BCUT2D eigenvalue weighted by molar-refractivity contribution is 0.311. The van der Waals surface area contributed by atoms with Gasteiger partial charge in [0.1, 0.15) is 0 Å². The zero-order valence-corrected chi connectivity index (χ0v) is 10.9. The Bertz CT molecular complexity index is 746. The van der Waals surface area contributed by atoms with E-state index in [1.807, 2.05) is 31.3 Å². The first kappa shape index (κ1) is 11.9. The summed E-state index contributed by atoms with van der Waals surface area (Å²) >= 11 is 0. The first-order valence-electron chi connectivity index (χ1n) is 6.34. The number of fused-ring (bicyclic) bond motifs is 3. The van der Waals surface area contributed by atoms with Crippen molar-refractivity contribution in [2.75, 3.05) is 24.2 Å². The summed E-state index contributed by atoms with van der Waals surface area (Å²) in [4.78, 5) is 0. The van der Waals surface area contributed by atoms with E-state index in [1.165, 1.54) is 0 Å². The monoisotopic (exact) mass is 255 g/mol. The minimum Gasteiger partial charge on any atom is -0.398 e. The molecule has 0 unspecified atom stereocenters. The van der Waals surface area contributed by atoms with Gasteiger partial charge in [0.15, 0.2) is 0 Å². The summed E-state index contributed by atoms with van der Waals surface area (Å²) in [6.45, 7) is 0.635. The third-order valence-electron chi connectivity index (χ3n) is 3.51. The first-order chi connectivity index (χ1) is 9.24. The van der Waals surface area contributed by atoms with Crippen molar-refractivity contribution < 1.29 is 5.11 Å². The molecule has 0 saturated heterocycles. The minimum atomic E-state index is 0.107. The van der Waals surface area contributed by atoms with Crippen LogP contribution in [0.25, 0.3) is 21.8 Å². The lowest BCUT2D eigenvalue weighted by Crippen LogP contribution is -2.07. The summed E-state index contributed by atoms with van der Waals surface area (Å²) in [7, 11) is 2.04. The highest BCUT2D eigenvalue weighted by atomic mass is 16.3. The molecule has 0 aliphatic heterocycles. The molecule has 0 aliphatic rings. The second kappa shape index (κ2) is 4.48. The van der Waals surface area contributed by atoms with Crippen molar-refractivity contribution in [1.82, 2.24) is 4.57 Å². The van der Waals surface area contributed by atoms with Crippen molar-refractivity contribution >= 4 is 33.2 Å². The Morgan fingerprint density at radius 3 is 2.79 bits per heavy atom. The Hall–Kier alpha value is -2.20. The molecule has 4 N–H and O–H groups in total. The third-order valence-corrected chi connectivity index (χ3v) is 3.51. The van der Waals surface area contributed by atoms with Gasteiger partial charge in [-0.3, -0.25) is 0 Å². The van der Waals surface area contributed by atoms with Crippen molar-refractivity contribution in [2.24, 2.45) is 7.05 Å². The van der Waals surface area contributed by atoms with Gasteiger partial charge in [0.05, 0.1) is 17.8 Å². The third kappa shape index (κ3) is 1.72. The van der Waals surface area contributed by atoms with Crippen LogP contribution in [0.3, 0.4) is 0 Å². The molecule has 3 rings (SSSR count). The maximum absolute atomic E-state index is 8.97. The predicted octanol–water partition coefficient (Wildman–Crippen LogP) is 2.32. The van der Waals surface area contributed by atoms with Crippen LogP contribution in [-0.4, -0.2) is 22.8 Å². The zero-order valence-electron chi connectivity index (χ0n) is 10.9.